The first kappa shape index (κ1) is 15.3. The van der Waals surface area contributed by atoms with Crippen LogP contribution < -0.4 is 10.1 Å². The second-order valence-corrected chi connectivity index (χ2v) is 5.05. The summed E-state index contributed by atoms with van der Waals surface area (Å²) in [6, 6.07) is 11.1. The van der Waals surface area contributed by atoms with E-state index < -0.39 is 0 Å². The summed E-state index contributed by atoms with van der Waals surface area (Å²) in [4.78, 5) is 11.9. The van der Waals surface area contributed by atoms with Gasteiger partial charge in [0.05, 0.1) is 12.8 Å². The van der Waals surface area contributed by atoms with Gasteiger partial charge in [-0.25, -0.2) is 4.39 Å². The van der Waals surface area contributed by atoms with Gasteiger partial charge in [-0.2, -0.15) is 0 Å². The van der Waals surface area contributed by atoms with E-state index in [1.165, 1.54) is 24.4 Å². The van der Waals surface area contributed by atoms with Crippen LogP contribution in [0.25, 0.3) is 0 Å². The zero-order valence-electron chi connectivity index (χ0n) is 11.3. The van der Waals surface area contributed by atoms with Gasteiger partial charge in [-0.15, -0.1) is 0 Å². The molecule has 0 saturated heterocycles. The largest absolute Gasteiger partial charge is 0.497 e. The van der Waals surface area contributed by atoms with E-state index in [4.69, 9.17) is 4.74 Å². The first-order valence-electron chi connectivity index (χ1n) is 6.16. The Bertz CT molecular complexity index is 668. The fraction of sp³-hybridized carbons (Fsp3) is 0.0625. The molecule has 0 aliphatic heterocycles. The van der Waals surface area contributed by atoms with Crippen LogP contribution in [0, 0.1) is 5.82 Å². The summed E-state index contributed by atoms with van der Waals surface area (Å²) in [5.41, 5.74) is 1.24. The maximum absolute atomic E-state index is 12.9. The SMILES string of the molecule is COc1ccc(C(=O)C=CNc2ccc(F)cc2Br)cc1. The number of ether oxygens (including phenoxy) is 1. The standard InChI is InChI=1S/C16H13BrFNO2/c1-21-13-5-2-11(3-6-13)16(20)8-9-19-15-7-4-12(18)10-14(15)17/h2-10,19H,1H3. The number of hydrogen-bond donors (Lipinski definition) is 1. The first-order valence-corrected chi connectivity index (χ1v) is 6.96. The van der Waals surface area contributed by atoms with Crippen molar-refractivity contribution in [3.05, 3.63) is 70.6 Å². The third kappa shape index (κ3) is 4.16. The van der Waals surface area contributed by atoms with E-state index in [-0.39, 0.29) is 11.6 Å². The molecule has 108 valence electrons. The van der Waals surface area contributed by atoms with Gasteiger partial charge in [-0.3, -0.25) is 4.79 Å². The Labute approximate surface area is 130 Å². The number of carbonyl (C=O) groups excluding carboxylic acids is 1. The molecule has 0 amide bonds. The highest BCUT2D eigenvalue weighted by atomic mass is 79.9. The predicted molar refractivity (Wildman–Crippen MR) is 84.2 cm³/mol. The Morgan fingerprint density at radius 1 is 1.24 bits per heavy atom. The Kier molecular flexibility index (Phi) is 5.11. The topological polar surface area (TPSA) is 38.3 Å². The molecule has 2 aromatic rings. The second-order valence-electron chi connectivity index (χ2n) is 4.19. The van der Waals surface area contributed by atoms with Crippen LogP contribution in [0.4, 0.5) is 10.1 Å². The fourth-order valence-electron chi connectivity index (χ4n) is 1.67. The molecule has 1 N–H and O–H groups in total. The molecule has 0 fully saturated rings. The van der Waals surface area contributed by atoms with Gasteiger partial charge in [-0.05, 0) is 58.4 Å². The lowest BCUT2D eigenvalue weighted by molar-refractivity contribution is 0.104. The van der Waals surface area contributed by atoms with Gasteiger partial charge in [0.2, 0.25) is 0 Å². The third-order valence-electron chi connectivity index (χ3n) is 2.78. The Morgan fingerprint density at radius 2 is 1.95 bits per heavy atom. The molecule has 5 heteroatoms. The molecule has 2 rings (SSSR count). The minimum Gasteiger partial charge on any atom is -0.497 e. The number of carbonyl (C=O) groups is 1. The molecular formula is C16H13BrFNO2. The number of nitrogens with one attached hydrogen (secondary N) is 1. The lowest BCUT2D eigenvalue weighted by Crippen LogP contribution is -1.97. The zero-order chi connectivity index (χ0) is 15.2. The van der Waals surface area contributed by atoms with E-state index in [0.717, 1.165) is 0 Å². The molecule has 0 aliphatic rings. The maximum atomic E-state index is 12.9. The van der Waals surface area contributed by atoms with E-state index in [2.05, 4.69) is 21.2 Å². The third-order valence-corrected chi connectivity index (χ3v) is 3.44. The molecule has 0 aromatic heterocycles. The number of ketones is 1. The van der Waals surface area contributed by atoms with Crippen molar-refractivity contribution in [2.45, 2.75) is 0 Å². The van der Waals surface area contributed by atoms with Crippen molar-refractivity contribution in [1.82, 2.24) is 0 Å². The Morgan fingerprint density at radius 3 is 2.57 bits per heavy atom. The zero-order valence-corrected chi connectivity index (χ0v) is 12.9. The van der Waals surface area contributed by atoms with Gasteiger partial charge in [0, 0.05) is 22.3 Å². The molecule has 0 atom stereocenters. The number of halogens is 2. The van der Waals surface area contributed by atoms with Crippen LogP contribution in [0.3, 0.4) is 0 Å². The summed E-state index contributed by atoms with van der Waals surface area (Å²) in [5.74, 6) is 0.234. The van der Waals surface area contributed by atoms with Crippen molar-refractivity contribution >= 4 is 27.4 Å². The van der Waals surface area contributed by atoms with Crippen molar-refractivity contribution in [3.8, 4) is 5.75 Å². The number of benzene rings is 2. The molecule has 21 heavy (non-hydrogen) atoms. The number of hydrogen-bond acceptors (Lipinski definition) is 3. The van der Waals surface area contributed by atoms with Crippen LogP contribution in [-0.4, -0.2) is 12.9 Å². The molecule has 0 spiro atoms. The molecule has 3 nitrogen and oxygen atoms in total. The van der Waals surface area contributed by atoms with E-state index in [1.54, 1.807) is 37.4 Å². The van der Waals surface area contributed by atoms with Crippen LogP contribution in [0.1, 0.15) is 10.4 Å². The van der Waals surface area contributed by atoms with E-state index in [0.29, 0.717) is 21.5 Å². The van der Waals surface area contributed by atoms with Gasteiger partial charge >= 0.3 is 0 Å². The number of rotatable bonds is 5. The van der Waals surface area contributed by atoms with E-state index in [9.17, 15) is 9.18 Å². The molecule has 0 heterocycles. The highest BCUT2D eigenvalue weighted by Gasteiger charge is 2.02. The molecule has 0 bridgehead atoms. The molecule has 0 radical (unpaired) electrons. The minimum absolute atomic E-state index is 0.136. The van der Waals surface area contributed by atoms with Crippen molar-refractivity contribution in [3.63, 3.8) is 0 Å². The molecule has 0 saturated carbocycles. The summed E-state index contributed by atoms with van der Waals surface area (Å²) < 4.78 is 18.6. The summed E-state index contributed by atoms with van der Waals surface area (Å²) in [7, 11) is 1.57. The molecule has 2 aromatic carbocycles. The Balaban J connectivity index is 2.01. The maximum Gasteiger partial charge on any atom is 0.187 e. The second kappa shape index (κ2) is 7.04. The average Bonchev–Trinajstić information content (AvgIpc) is 2.49. The highest BCUT2D eigenvalue weighted by Crippen LogP contribution is 2.23. The van der Waals surface area contributed by atoms with Crippen molar-refractivity contribution in [2.24, 2.45) is 0 Å². The predicted octanol–water partition coefficient (Wildman–Crippen LogP) is 4.41. The quantitative estimate of drug-likeness (QED) is 0.641. The summed E-state index contributed by atoms with van der Waals surface area (Å²) >= 11 is 3.24. The van der Waals surface area contributed by atoms with E-state index >= 15 is 0 Å². The van der Waals surface area contributed by atoms with Crippen molar-refractivity contribution in [1.29, 1.82) is 0 Å². The number of allylic oxidation sites excluding steroid dienone is 1. The van der Waals surface area contributed by atoms with Crippen molar-refractivity contribution < 1.29 is 13.9 Å². The molecule has 0 unspecified atom stereocenters. The van der Waals surface area contributed by atoms with Crippen LogP contribution in [0.2, 0.25) is 0 Å². The number of methoxy groups -OCH3 is 1. The van der Waals surface area contributed by atoms with Gasteiger partial charge in [0.1, 0.15) is 11.6 Å². The minimum atomic E-state index is -0.328. The smallest absolute Gasteiger partial charge is 0.187 e. The van der Waals surface area contributed by atoms with Gasteiger partial charge in [0.15, 0.2) is 5.78 Å². The van der Waals surface area contributed by atoms with Crippen LogP contribution in [0.15, 0.2) is 59.2 Å². The monoisotopic (exact) mass is 349 g/mol. The Hall–Kier alpha value is -2.14. The average molecular weight is 350 g/mol. The summed E-state index contributed by atoms with van der Waals surface area (Å²) in [6.45, 7) is 0. The van der Waals surface area contributed by atoms with Crippen LogP contribution in [0.5, 0.6) is 5.75 Å². The molecular weight excluding hydrogens is 337 g/mol. The van der Waals surface area contributed by atoms with Crippen LogP contribution >= 0.6 is 15.9 Å². The summed E-state index contributed by atoms with van der Waals surface area (Å²) in [5, 5.41) is 2.92. The normalized spacial score (nSPS) is 10.6. The first-order chi connectivity index (χ1) is 10.1. The van der Waals surface area contributed by atoms with Gasteiger partial charge in [-0.1, -0.05) is 0 Å². The molecule has 0 aliphatic carbocycles. The van der Waals surface area contributed by atoms with Crippen molar-refractivity contribution in [2.75, 3.05) is 12.4 Å². The van der Waals surface area contributed by atoms with Gasteiger partial charge in [0.25, 0.3) is 0 Å². The highest BCUT2D eigenvalue weighted by molar-refractivity contribution is 9.10. The van der Waals surface area contributed by atoms with E-state index in [1.807, 2.05) is 0 Å². The van der Waals surface area contributed by atoms with Gasteiger partial charge < -0.3 is 10.1 Å². The van der Waals surface area contributed by atoms with Crippen LogP contribution in [-0.2, 0) is 0 Å². The summed E-state index contributed by atoms with van der Waals surface area (Å²) in [6.07, 6.45) is 2.93. The lowest BCUT2D eigenvalue weighted by atomic mass is 10.1. The fourth-order valence-corrected chi connectivity index (χ4v) is 2.13. The number of anilines is 1. The lowest BCUT2D eigenvalue weighted by Gasteiger charge is -2.04.